The molecule has 1 aromatic heterocycles. The molecule has 1 heterocycles. The maximum absolute atomic E-state index is 12.2. The fourth-order valence-electron chi connectivity index (χ4n) is 2.62. The lowest BCUT2D eigenvalue weighted by Gasteiger charge is -2.05. The molecule has 0 saturated heterocycles. The molecule has 0 radical (unpaired) electrons. The largest absolute Gasteiger partial charge is 0.326 e. The average molecular weight is 383 g/mol. The molecule has 0 unspecified atom stereocenters. The van der Waals surface area contributed by atoms with E-state index >= 15 is 0 Å². The molecular formula is C21H22N2OS2. The molecule has 3 aromatic rings. The summed E-state index contributed by atoms with van der Waals surface area (Å²) in [5.41, 5.74) is 6.69. The molecule has 0 atom stereocenters. The monoisotopic (exact) mass is 382 g/mol. The molecule has 1 N–H and O–H groups in total. The van der Waals surface area contributed by atoms with Gasteiger partial charge in [-0.3, -0.25) is 4.79 Å². The number of rotatable bonds is 6. The topological polar surface area (TPSA) is 42.0 Å². The standard InChI is InChI=1S/C21H22N2OS2/c1-14-5-4-6-18(10-14)22-20(24)11-19-13-26-21(23-19)25-12-17-9-15(2)7-8-16(17)3/h4-10,13H,11-12H2,1-3H3,(H,22,24). The van der Waals surface area contributed by atoms with Crippen molar-refractivity contribution in [1.82, 2.24) is 4.98 Å². The van der Waals surface area contributed by atoms with Gasteiger partial charge >= 0.3 is 0 Å². The third kappa shape index (κ3) is 5.19. The Kier molecular flexibility index (Phi) is 6.12. The molecule has 0 aliphatic heterocycles. The van der Waals surface area contributed by atoms with E-state index in [2.05, 4.69) is 42.3 Å². The Balaban J connectivity index is 1.56. The van der Waals surface area contributed by atoms with Crippen molar-refractivity contribution in [2.75, 3.05) is 5.32 Å². The Morgan fingerprint density at radius 2 is 1.92 bits per heavy atom. The van der Waals surface area contributed by atoms with Gasteiger partial charge in [-0.15, -0.1) is 11.3 Å². The quantitative estimate of drug-likeness (QED) is 0.569. The molecule has 0 bridgehead atoms. The smallest absolute Gasteiger partial charge is 0.230 e. The fourth-order valence-corrected chi connectivity index (χ4v) is 4.53. The first-order chi connectivity index (χ1) is 12.5. The van der Waals surface area contributed by atoms with Crippen LogP contribution in [0.25, 0.3) is 0 Å². The highest BCUT2D eigenvalue weighted by Gasteiger charge is 2.09. The number of hydrogen-bond acceptors (Lipinski definition) is 4. The lowest BCUT2D eigenvalue weighted by atomic mass is 10.1. The number of anilines is 1. The lowest BCUT2D eigenvalue weighted by Crippen LogP contribution is -2.14. The SMILES string of the molecule is Cc1cccc(NC(=O)Cc2csc(SCc3cc(C)ccc3C)n2)c1. The van der Waals surface area contributed by atoms with E-state index in [4.69, 9.17) is 0 Å². The first-order valence-electron chi connectivity index (χ1n) is 8.49. The first-order valence-corrected chi connectivity index (χ1v) is 10.4. The Morgan fingerprint density at radius 1 is 1.12 bits per heavy atom. The second-order valence-electron chi connectivity index (χ2n) is 6.42. The Labute approximate surface area is 162 Å². The Morgan fingerprint density at radius 3 is 2.73 bits per heavy atom. The Hall–Kier alpha value is -2.11. The summed E-state index contributed by atoms with van der Waals surface area (Å²) in [6, 6.07) is 14.3. The summed E-state index contributed by atoms with van der Waals surface area (Å²) in [7, 11) is 0. The molecule has 3 rings (SSSR count). The zero-order valence-electron chi connectivity index (χ0n) is 15.2. The summed E-state index contributed by atoms with van der Waals surface area (Å²) < 4.78 is 1.00. The average Bonchev–Trinajstić information content (AvgIpc) is 3.03. The van der Waals surface area contributed by atoms with Crippen molar-refractivity contribution in [1.29, 1.82) is 0 Å². The van der Waals surface area contributed by atoms with Crippen molar-refractivity contribution in [3.63, 3.8) is 0 Å². The van der Waals surface area contributed by atoms with Gasteiger partial charge in [-0.1, -0.05) is 47.7 Å². The van der Waals surface area contributed by atoms with Gasteiger partial charge in [0.2, 0.25) is 5.91 Å². The fraction of sp³-hybridized carbons (Fsp3) is 0.238. The number of aromatic nitrogens is 1. The minimum atomic E-state index is -0.0352. The number of amides is 1. The van der Waals surface area contributed by atoms with Crippen LogP contribution in [0.2, 0.25) is 0 Å². The van der Waals surface area contributed by atoms with E-state index < -0.39 is 0 Å². The van der Waals surface area contributed by atoms with Crippen LogP contribution in [-0.2, 0) is 17.0 Å². The summed E-state index contributed by atoms with van der Waals surface area (Å²) in [4.78, 5) is 16.8. The van der Waals surface area contributed by atoms with Gasteiger partial charge in [-0.05, 0) is 49.6 Å². The number of carbonyl (C=O) groups excluding carboxylic acids is 1. The van der Waals surface area contributed by atoms with Gasteiger partial charge in [0.25, 0.3) is 0 Å². The molecule has 5 heteroatoms. The number of benzene rings is 2. The van der Waals surface area contributed by atoms with E-state index in [0.29, 0.717) is 6.42 Å². The van der Waals surface area contributed by atoms with Crippen molar-refractivity contribution < 1.29 is 4.79 Å². The minimum absolute atomic E-state index is 0.0352. The number of thiazole rings is 1. The summed E-state index contributed by atoms with van der Waals surface area (Å²) >= 11 is 3.33. The van der Waals surface area contributed by atoms with Gasteiger partial charge < -0.3 is 5.32 Å². The lowest BCUT2D eigenvalue weighted by molar-refractivity contribution is -0.115. The molecule has 3 nitrogen and oxygen atoms in total. The van der Waals surface area contributed by atoms with Crippen molar-refractivity contribution in [2.24, 2.45) is 0 Å². The van der Waals surface area contributed by atoms with Crippen LogP contribution >= 0.6 is 23.1 Å². The molecule has 0 aliphatic rings. The van der Waals surface area contributed by atoms with Crippen LogP contribution in [-0.4, -0.2) is 10.9 Å². The van der Waals surface area contributed by atoms with Gasteiger partial charge in [-0.25, -0.2) is 4.98 Å². The number of hydrogen-bond donors (Lipinski definition) is 1. The zero-order chi connectivity index (χ0) is 18.5. The van der Waals surface area contributed by atoms with Crippen LogP contribution in [0.5, 0.6) is 0 Å². The normalized spacial score (nSPS) is 10.7. The number of thioether (sulfide) groups is 1. The number of nitrogens with zero attached hydrogens (tertiary/aromatic N) is 1. The van der Waals surface area contributed by atoms with E-state index in [-0.39, 0.29) is 5.91 Å². The van der Waals surface area contributed by atoms with Crippen LogP contribution < -0.4 is 5.32 Å². The van der Waals surface area contributed by atoms with E-state index in [1.807, 2.05) is 36.6 Å². The maximum Gasteiger partial charge on any atom is 0.230 e. The van der Waals surface area contributed by atoms with E-state index in [9.17, 15) is 4.79 Å². The molecule has 2 aromatic carbocycles. The van der Waals surface area contributed by atoms with Crippen LogP contribution in [0.4, 0.5) is 5.69 Å². The van der Waals surface area contributed by atoms with Gasteiger partial charge in [-0.2, -0.15) is 0 Å². The molecule has 1 amide bonds. The highest BCUT2D eigenvalue weighted by molar-refractivity contribution is 8.00. The number of nitrogens with one attached hydrogen (secondary N) is 1. The molecule has 26 heavy (non-hydrogen) atoms. The highest BCUT2D eigenvalue weighted by atomic mass is 32.2. The number of aryl methyl sites for hydroxylation is 3. The van der Waals surface area contributed by atoms with E-state index in [1.54, 1.807) is 23.1 Å². The van der Waals surface area contributed by atoms with Gasteiger partial charge in [0.1, 0.15) is 4.34 Å². The van der Waals surface area contributed by atoms with Crippen molar-refractivity contribution in [2.45, 2.75) is 37.3 Å². The van der Waals surface area contributed by atoms with Crippen LogP contribution in [0, 0.1) is 20.8 Å². The molecule has 0 fully saturated rings. The third-order valence-corrected chi connectivity index (χ3v) is 6.15. The molecule has 0 aliphatic carbocycles. The summed E-state index contributed by atoms with van der Waals surface area (Å²) in [5, 5.41) is 4.90. The molecule has 134 valence electrons. The van der Waals surface area contributed by atoms with E-state index in [0.717, 1.165) is 27.0 Å². The number of carbonyl (C=O) groups is 1. The van der Waals surface area contributed by atoms with Crippen LogP contribution in [0.1, 0.15) is 27.9 Å². The molecule has 0 saturated carbocycles. The zero-order valence-corrected chi connectivity index (χ0v) is 16.8. The highest BCUT2D eigenvalue weighted by Crippen LogP contribution is 2.28. The minimum Gasteiger partial charge on any atom is -0.326 e. The second-order valence-corrected chi connectivity index (χ2v) is 8.50. The second kappa shape index (κ2) is 8.52. The predicted octanol–water partition coefficient (Wildman–Crippen LogP) is 5.54. The first kappa shape index (κ1) is 18.7. The van der Waals surface area contributed by atoms with Crippen molar-refractivity contribution >= 4 is 34.7 Å². The maximum atomic E-state index is 12.2. The Bertz CT molecular complexity index is 918. The van der Waals surface area contributed by atoms with Crippen molar-refractivity contribution in [3.05, 3.63) is 75.8 Å². The van der Waals surface area contributed by atoms with Crippen LogP contribution in [0.3, 0.4) is 0 Å². The van der Waals surface area contributed by atoms with Gasteiger partial charge in [0, 0.05) is 16.8 Å². The molecular weight excluding hydrogens is 360 g/mol. The molecule has 0 spiro atoms. The van der Waals surface area contributed by atoms with E-state index in [1.165, 1.54) is 16.7 Å². The van der Waals surface area contributed by atoms with Crippen molar-refractivity contribution in [3.8, 4) is 0 Å². The van der Waals surface area contributed by atoms with Crippen LogP contribution in [0.15, 0.2) is 52.2 Å². The van der Waals surface area contributed by atoms with Gasteiger partial charge in [0.05, 0.1) is 12.1 Å². The third-order valence-electron chi connectivity index (χ3n) is 4.03. The van der Waals surface area contributed by atoms with Gasteiger partial charge in [0.15, 0.2) is 0 Å². The summed E-state index contributed by atoms with van der Waals surface area (Å²) in [5.74, 6) is 0.864. The predicted molar refractivity (Wildman–Crippen MR) is 111 cm³/mol. The summed E-state index contributed by atoms with van der Waals surface area (Å²) in [6.07, 6.45) is 0.300. The summed E-state index contributed by atoms with van der Waals surface area (Å²) in [6.45, 7) is 6.26.